The van der Waals surface area contributed by atoms with Crippen molar-refractivity contribution < 1.29 is 12.8 Å². The highest BCUT2D eigenvalue weighted by Gasteiger charge is 2.13. The van der Waals surface area contributed by atoms with Gasteiger partial charge >= 0.3 is 0 Å². The summed E-state index contributed by atoms with van der Waals surface area (Å²) < 4.78 is 37.5. The second-order valence-corrected chi connectivity index (χ2v) is 7.12. The highest BCUT2D eigenvalue weighted by molar-refractivity contribution is 9.10. The second kappa shape index (κ2) is 4.51. The van der Waals surface area contributed by atoms with E-state index in [4.69, 9.17) is 5.73 Å². The highest BCUT2D eigenvalue weighted by atomic mass is 79.9. The van der Waals surface area contributed by atoms with Crippen molar-refractivity contribution in [3.8, 4) is 0 Å². The molecule has 0 aliphatic carbocycles. The topological polar surface area (TPSA) is 78.0 Å². The summed E-state index contributed by atoms with van der Waals surface area (Å²) in [5, 5.41) is 0. The number of aromatic nitrogens is 2. The largest absolute Gasteiger partial charge is 0.369 e. The zero-order chi connectivity index (χ0) is 13.5. The van der Waals surface area contributed by atoms with E-state index in [1.165, 1.54) is 16.7 Å². The van der Waals surface area contributed by atoms with Crippen LogP contribution in [0.2, 0.25) is 0 Å². The molecule has 2 rings (SSSR count). The number of benzene rings is 1. The maximum absolute atomic E-state index is 13.5. The van der Waals surface area contributed by atoms with E-state index in [0.717, 1.165) is 6.26 Å². The Morgan fingerprint density at radius 3 is 2.78 bits per heavy atom. The molecule has 0 aliphatic rings. The van der Waals surface area contributed by atoms with E-state index in [0.29, 0.717) is 15.5 Å². The van der Waals surface area contributed by atoms with Gasteiger partial charge in [0.15, 0.2) is 0 Å². The molecule has 0 amide bonds. The standard InChI is InChI=1S/C10H11BrFN3O2S/c1-18(16,17)3-2-15-9-5-7(12)6(11)4-8(9)14-10(15)13/h4-5H,2-3H2,1H3,(H2,13,14). The van der Waals surface area contributed by atoms with Crippen molar-refractivity contribution in [1.82, 2.24) is 9.55 Å². The summed E-state index contributed by atoms with van der Waals surface area (Å²) in [5.41, 5.74) is 6.71. The number of fused-ring (bicyclic) bond motifs is 1. The molecule has 2 N–H and O–H groups in total. The van der Waals surface area contributed by atoms with E-state index < -0.39 is 15.7 Å². The first kappa shape index (κ1) is 13.3. The Bertz CT molecular complexity index is 711. The van der Waals surface area contributed by atoms with E-state index in [-0.39, 0.29) is 18.2 Å². The van der Waals surface area contributed by atoms with Crippen molar-refractivity contribution >= 4 is 42.7 Å². The van der Waals surface area contributed by atoms with Crippen molar-refractivity contribution in [2.45, 2.75) is 6.54 Å². The fourth-order valence-electron chi connectivity index (χ4n) is 1.63. The Kier molecular flexibility index (Phi) is 3.33. The summed E-state index contributed by atoms with van der Waals surface area (Å²) >= 11 is 3.06. The van der Waals surface area contributed by atoms with Crippen molar-refractivity contribution in [2.75, 3.05) is 17.7 Å². The molecule has 5 nitrogen and oxygen atoms in total. The van der Waals surface area contributed by atoms with Gasteiger partial charge in [-0.25, -0.2) is 17.8 Å². The molecule has 1 heterocycles. The number of nitrogens with two attached hydrogens (primary N) is 1. The number of sulfone groups is 1. The average molecular weight is 336 g/mol. The van der Waals surface area contributed by atoms with E-state index in [2.05, 4.69) is 20.9 Å². The summed E-state index contributed by atoms with van der Waals surface area (Å²) in [6.07, 6.45) is 1.14. The molecule has 8 heteroatoms. The molecule has 1 aromatic carbocycles. The van der Waals surface area contributed by atoms with Crippen molar-refractivity contribution in [1.29, 1.82) is 0 Å². The number of nitrogen functional groups attached to an aromatic ring is 1. The number of aryl methyl sites for hydroxylation is 1. The number of hydrogen-bond acceptors (Lipinski definition) is 4. The molecule has 0 aliphatic heterocycles. The zero-order valence-corrected chi connectivity index (χ0v) is 11.9. The van der Waals surface area contributed by atoms with Gasteiger partial charge in [0, 0.05) is 18.9 Å². The molecule has 0 saturated heterocycles. The number of rotatable bonds is 3. The van der Waals surface area contributed by atoms with Gasteiger partial charge in [0.05, 0.1) is 21.3 Å². The van der Waals surface area contributed by atoms with Crippen LogP contribution in [-0.4, -0.2) is 30.0 Å². The molecular formula is C10H11BrFN3O2S. The number of nitrogens with zero attached hydrogens (tertiary/aromatic N) is 2. The fourth-order valence-corrected chi connectivity index (χ4v) is 2.48. The normalized spacial score (nSPS) is 12.2. The maximum atomic E-state index is 13.5. The van der Waals surface area contributed by atoms with Crippen LogP contribution in [-0.2, 0) is 16.4 Å². The van der Waals surface area contributed by atoms with Crippen LogP contribution in [0.5, 0.6) is 0 Å². The van der Waals surface area contributed by atoms with Crippen molar-refractivity contribution in [3.63, 3.8) is 0 Å². The van der Waals surface area contributed by atoms with Crippen LogP contribution in [0.3, 0.4) is 0 Å². The Balaban J connectivity index is 2.50. The monoisotopic (exact) mass is 335 g/mol. The fraction of sp³-hybridized carbons (Fsp3) is 0.300. The maximum Gasteiger partial charge on any atom is 0.201 e. The minimum atomic E-state index is -3.11. The van der Waals surface area contributed by atoms with E-state index in [1.54, 1.807) is 0 Å². The molecule has 0 atom stereocenters. The molecule has 0 radical (unpaired) electrons. The van der Waals surface area contributed by atoms with Gasteiger partial charge in [-0.05, 0) is 22.0 Å². The third-order valence-corrected chi connectivity index (χ3v) is 4.04. The van der Waals surface area contributed by atoms with Crippen LogP contribution in [0.15, 0.2) is 16.6 Å². The van der Waals surface area contributed by atoms with Gasteiger partial charge in [-0.15, -0.1) is 0 Å². The van der Waals surface area contributed by atoms with Gasteiger partial charge in [-0.1, -0.05) is 0 Å². The summed E-state index contributed by atoms with van der Waals surface area (Å²) in [5.74, 6) is -0.338. The Labute approximate surface area is 112 Å². The molecular weight excluding hydrogens is 325 g/mol. The lowest BCUT2D eigenvalue weighted by Crippen LogP contribution is -2.13. The smallest absolute Gasteiger partial charge is 0.201 e. The average Bonchev–Trinajstić information content (AvgIpc) is 2.51. The lowest BCUT2D eigenvalue weighted by atomic mass is 10.3. The molecule has 0 unspecified atom stereocenters. The lowest BCUT2D eigenvalue weighted by molar-refractivity contribution is 0.596. The van der Waals surface area contributed by atoms with E-state index in [9.17, 15) is 12.8 Å². The third-order valence-electron chi connectivity index (χ3n) is 2.51. The Hall–Kier alpha value is -1.15. The summed E-state index contributed by atoms with van der Waals surface area (Å²) in [6, 6.07) is 2.79. The highest BCUT2D eigenvalue weighted by Crippen LogP contribution is 2.25. The minimum Gasteiger partial charge on any atom is -0.369 e. The quantitative estimate of drug-likeness (QED) is 0.923. The molecule has 0 bridgehead atoms. The van der Waals surface area contributed by atoms with Crippen LogP contribution >= 0.6 is 15.9 Å². The first-order valence-electron chi connectivity index (χ1n) is 5.06. The summed E-state index contributed by atoms with van der Waals surface area (Å²) in [4.78, 5) is 4.06. The SMILES string of the molecule is CS(=O)(=O)CCn1c(N)nc2cc(Br)c(F)cc21. The van der Waals surface area contributed by atoms with Crippen LogP contribution in [0.25, 0.3) is 11.0 Å². The predicted octanol–water partition coefficient (Wildman–Crippen LogP) is 1.56. The summed E-state index contributed by atoms with van der Waals surface area (Å²) in [7, 11) is -3.11. The first-order valence-corrected chi connectivity index (χ1v) is 7.92. The van der Waals surface area contributed by atoms with Gasteiger partial charge in [-0.3, -0.25) is 0 Å². The summed E-state index contributed by atoms with van der Waals surface area (Å²) in [6.45, 7) is 0.155. The van der Waals surface area contributed by atoms with Gasteiger partial charge in [0.2, 0.25) is 5.95 Å². The Morgan fingerprint density at radius 1 is 1.50 bits per heavy atom. The van der Waals surface area contributed by atoms with Gasteiger partial charge in [0.1, 0.15) is 15.7 Å². The van der Waals surface area contributed by atoms with E-state index >= 15 is 0 Å². The van der Waals surface area contributed by atoms with E-state index in [1.807, 2.05) is 0 Å². The number of imidazole rings is 1. The van der Waals surface area contributed by atoms with Gasteiger partial charge < -0.3 is 10.3 Å². The second-order valence-electron chi connectivity index (χ2n) is 4.01. The predicted molar refractivity (Wildman–Crippen MR) is 71.5 cm³/mol. The number of halogens is 2. The molecule has 1 aromatic heterocycles. The number of anilines is 1. The number of hydrogen-bond donors (Lipinski definition) is 1. The minimum absolute atomic E-state index is 0.0691. The van der Waals surface area contributed by atoms with Crippen molar-refractivity contribution in [2.24, 2.45) is 0 Å². The first-order chi connectivity index (χ1) is 8.28. The zero-order valence-electron chi connectivity index (χ0n) is 9.52. The third kappa shape index (κ3) is 2.64. The van der Waals surface area contributed by atoms with Crippen LogP contribution in [0.1, 0.15) is 0 Å². The molecule has 18 heavy (non-hydrogen) atoms. The lowest BCUT2D eigenvalue weighted by Gasteiger charge is -2.05. The van der Waals surface area contributed by atoms with Gasteiger partial charge in [-0.2, -0.15) is 0 Å². The molecule has 2 aromatic rings. The van der Waals surface area contributed by atoms with Crippen LogP contribution in [0.4, 0.5) is 10.3 Å². The molecule has 0 spiro atoms. The van der Waals surface area contributed by atoms with Crippen molar-refractivity contribution in [3.05, 3.63) is 22.4 Å². The Morgan fingerprint density at radius 2 is 2.17 bits per heavy atom. The molecule has 0 saturated carbocycles. The van der Waals surface area contributed by atoms with Crippen LogP contribution < -0.4 is 5.73 Å². The molecule has 0 fully saturated rings. The van der Waals surface area contributed by atoms with Gasteiger partial charge in [0.25, 0.3) is 0 Å². The van der Waals surface area contributed by atoms with Crippen LogP contribution in [0, 0.1) is 5.82 Å². The molecule has 98 valence electrons.